The van der Waals surface area contributed by atoms with Gasteiger partial charge in [-0.15, -0.1) is 6.42 Å². The summed E-state index contributed by atoms with van der Waals surface area (Å²) in [6.45, 7) is 3.37. The number of hydrogen-bond acceptors (Lipinski definition) is 2. The molecule has 0 amide bonds. The summed E-state index contributed by atoms with van der Waals surface area (Å²) in [6.07, 6.45) is 5.30. The molecular formula is C16H14O2. The third kappa shape index (κ3) is 2.52. The van der Waals surface area contributed by atoms with Gasteiger partial charge in [0, 0.05) is 0 Å². The molecular weight excluding hydrogens is 224 g/mol. The molecule has 2 heteroatoms. The van der Waals surface area contributed by atoms with Crippen LogP contribution in [0.3, 0.4) is 0 Å². The van der Waals surface area contributed by atoms with Crippen LogP contribution in [-0.4, -0.2) is 11.6 Å². The van der Waals surface area contributed by atoms with E-state index in [0.717, 1.165) is 10.8 Å². The van der Waals surface area contributed by atoms with Gasteiger partial charge in [-0.2, -0.15) is 0 Å². The van der Waals surface area contributed by atoms with Gasteiger partial charge >= 0.3 is 5.97 Å². The van der Waals surface area contributed by atoms with E-state index in [0.29, 0.717) is 5.56 Å². The van der Waals surface area contributed by atoms with Gasteiger partial charge in [0.05, 0.1) is 5.56 Å². The third-order valence-corrected chi connectivity index (χ3v) is 2.68. The largest absolute Gasteiger partial charge is 0.443 e. The number of hydrogen-bond donors (Lipinski definition) is 0. The summed E-state index contributed by atoms with van der Waals surface area (Å²) in [6, 6.07) is 13.3. The van der Waals surface area contributed by atoms with E-state index in [-0.39, 0.29) is 0 Å². The molecule has 0 spiro atoms. The van der Waals surface area contributed by atoms with E-state index in [4.69, 9.17) is 11.2 Å². The van der Waals surface area contributed by atoms with Crippen LogP contribution in [0.25, 0.3) is 10.8 Å². The van der Waals surface area contributed by atoms with Crippen molar-refractivity contribution in [2.45, 2.75) is 19.4 Å². The van der Waals surface area contributed by atoms with Crippen molar-refractivity contribution in [2.75, 3.05) is 0 Å². The van der Waals surface area contributed by atoms with Gasteiger partial charge in [0.2, 0.25) is 0 Å². The molecule has 0 atom stereocenters. The van der Waals surface area contributed by atoms with Crippen molar-refractivity contribution >= 4 is 16.7 Å². The number of terminal acetylenes is 1. The lowest BCUT2D eigenvalue weighted by molar-refractivity contribution is 0.0205. The van der Waals surface area contributed by atoms with Crippen LogP contribution in [0.1, 0.15) is 24.2 Å². The second-order valence-electron chi connectivity index (χ2n) is 4.61. The first-order valence-electron chi connectivity index (χ1n) is 5.72. The fraction of sp³-hybridized carbons (Fsp3) is 0.188. The van der Waals surface area contributed by atoms with E-state index in [2.05, 4.69) is 5.92 Å². The average Bonchev–Trinajstić information content (AvgIpc) is 2.37. The Morgan fingerprint density at radius 3 is 2.50 bits per heavy atom. The van der Waals surface area contributed by atoms with Gasteiger partial charge in [-0.25, -0.2) is 4.79 Å². The number of carbonyl (C=O) groups excluding carboxylic acids is 1. The molecule has 0 bridgehead atoms. The first-order valence-corrected chi connectivity index (χ1v) is 5.72. The molecule has 90 valence electrons. The number of esters is 1. The first kappa shape index (κ1) is 12.2. The Bertz CT molecular complexity index is 633. The van der Waals surface area contributed by atoms with Gasteiger partial charge < -0.3 is 4.74 Å². The molecule has 2 nitrogen and oxygen atoms in total. The van der Waals surface area contributed by atoms with Gasteiger partial charge in [-0.1, -0.05) is 36.3 Å². The van der Waals surface area contributed by atoms with Crippen LogP contribution in [0.2, 0.25) is 0 Å². The van der Waals surface area contributed by atoms with Crippen LogP contribution in [0, 0.1) is 12.3 Å². The Balaban J connectivity index is 2.32. The van der Waals surface area contributed by atoms with Crippen molar-refractivity contribution < 1.29 is 9.53 Å². The molecule has 0 N–H and O–H groups in total. The topological polar surface area (TPSA) is 26.3 Å². The molecule has 18 heavy (non-hydrogen) atoms. The van der Waals surface area contributed by atoms with Crippen molar-refractivity contribution in [3.8, 4) is 12.3 Å². The van der Waals surface area contributed by atoms with Gasteiger partial charge in [-0.05, 0) is 36.8 Å². The van der Waals surface area contributed by atoms with Crippen LogP contribution in [0.4, 0.5) is 0 Å². The number of carbonyl (C=O) groups is 1. The zero-order chi connectivity index (χ0) is 13.2. The van der Waals surface area contributed by atoms with Crippen LogP contribution in [0.15, 0.2) is 42.5 Å². The summed E-state index contributed by atoms with van der Waals surface area (Å²) in [5.41, 5.74) is -0.375. The zero-order valence-electron chi connectivity index (χ0n) is 10.4. The second-order valence-corrected chi connectivity index (χ2v) is 4.61. The van der Waals surface area contributed by atoms with Crippen molar-refractivity contribution in [2.24, 2.45) is 0 Å². The van der Waals surface area contributed by atoms with E-state index in [1.54, 1.807) is 19.9 Å². The van der Waals surface area contributed by atoms with E-state index >= 15 is 0 Å². The first-order chi connectivity index (χ1) is 8.52. The minimum absolute atomic E-state index is 0.399. The van der Waals surface area contributed by atoms with Crippen molar-refractivity contribution in [1.82, 2.24) is 0 Å². The van der Waals surface area contributed by atoms with Gasteiger partial charge in [0.1, 0.15) is 0 Å². The Hall–Kier alpha value is -2.27. The third-order valence-electron chi connectivity index (χ3n) is 2.68. The summed E-state index contributed by atoms with van der Waals surface area (Å²) in [5.74, 6) is 2.04. The quantitative estimate of drug-likeness (QED) is 0.592. The van der Waals surface area contributed by atoms with Crippen LogP contribution >= 0.6 is 0 Å². The molecule has 0 saturated heterocycles. The lowest BCUT2D eigenvalue weighted by atomic mass is 10.1. The molecule has 0 unspecified atom stereocenters. The van der Waals surface area contributed by atoms with Crippen LogP contribution in [-0.2, 0) is 4.74 Å². The highest BCUT2D eigenvalue weighted by molar-refractivity contribution is 5.95. The fourth-order valence-corrected chi connectivity index (χ4v) is 1.64. The van der Waals surface area contributed by atoms with E-state index in [1.807, 2.05) is 36.4 Å². The molecule has 2 aromatic carbocycles. The summed E-state index contributed by atoms with van der Waals surface area (Å²) < 4.78 is 5.25. The smallest absolute Gasteiger partial charge is 0.339 e. The number of benzene rings is 2. The predicted molar refractivity (Wildman–Crippen MR) is 72.3 cm³/mol. The molecule has 0 saturated carbocycles. The number of rotatable bonds is 2. The summed E-state index contributed by atoms with van der Waals surface area (Å²) in [4.78, 5) is 11.9. The molecule has 2 rings (SSSR count). The zero-order valence-corrected chi connectivity index (χ0v) is 10.4. The van der Waals surface area contributed by atoms with Gasteiger partial charge in [0.25, 0.3) is 0 Å². The SMILES string of the molecule is C#CC(C)(C)OC(=O)c1ccc2ccccc2c1. The van der Waals surface area contributed by atoms with Crippen LogP contribution in [0.5, 0.6) is 0 Å². The van der Waals surface area contributed by atoms with Crippen LogP contribution < -0.4 is 0 Å². The van der Waals surface area contributed by atoms with Crippen molar-refractivity contribution in [3.63, 3.8) is 0 Å². The highest BCUT2D eigenvalue weighted by Gasteiger charge is 2.20. The highest BCUT2D eigenvalue weighted by Crippen LogP contribution is 2.18. The number of fused-ring (bicyclic) bond motifs is 1. The summed E-state index contributed by atoms with van der Waals surface area (Å²) in [5, 5.41) is 2.09. The Labute approximate surface area is 107 Å². The van der Waals surface area contributed by atoms with Crippen molar-refractivity contribution in [3.05, 3.63) is 48.0 Å². The molecule has 0 heterocycles. The van der Waals surface area contributed by atoms with E-state index in [9.17, 15) is 4.79 Å². The number of ether oxygens (including phenoxy) is 1. The molecule has 0 aliphatic carbocycles. The summed E-state index contributed by atoms with van der Waals surface area (Å²) in [7, 11) is 0. The molecule has 0 radical (unpaired) electrons. The fourth-order valence-electron chi connectivity index (χ4n) is 1.64. The van der Waals surface area contributed by atoms with E-state index < -0.39 is 11.6 Å². The Kier molecular flexibility index (Phi) is 3.08. The molecule has 0 fully saturated rings. The maximum Gasteiger partial charge on any atom is 0.339 e. The maximum absolute atomic E-state index is 11.9. The Morgan fingerprint density at radius 1 is 1.17 bits per heavy atom. The minimum atomic E-state index is -0.886. The minimum Gasteiger partial charge on any atom is -0.443 e. The van der Waals surface area contributed by atoms with Gasteiger partial charge in [-0.3, -0.25) is 0 Å². The van der Waals surface area contributed by atoms with E-state index in [1.165, 1.54) is 0 Å². The highest BCUT2D eigenvalue weighted by atomic mass is 16.6. The van der Waals surface area contributed by atoms with Crippen molar-refractivity contribution in [1.29, 1.82) is 0 Å². The maximum atomic E-state index is 11.9. The molecule has 2 aromatic rings. The molecule has 0 aliphatic heterocycles. The average molecular weight is 238 g/mol. The molecule has 0 aromatic heterocycles. The Morgan fingerprint density at radius 2 is 1.83 bits per heavy atom. The van der Waals surface area contributed by atoms with Gasteiger partial charge in [0.15, 0.2) is 5.60 Å². The standard InChI is InChI=1S/C16H14O2/c1-4-16(2,3)18-15(17)14-10-9-12-7-5-6-8-13(12)11-14/h1,5-11H,2-3H3. The summed E-state index contributed by atoms with van der Waals surface area (Å²) >= 11 is 0. The second kappa shape index (κ2) is 4.54. The monoisotopic (exact) mass is 238 g/mol. The predicted octanol–water partition coefficient (Wildman–Crippen LogP) is 3.41. The lowest BCUT2D eigenvalue weighted by Crippen LogP contribution is -2.25. The normalized spacial score (nSPS) is 10.9. The molecule has 0 aliphatic rings. The lowest BCUT2D eigenvalue weighted by Gasteiger charge is -2.18.